The maximum atomic E-state index is 12.3. The fourth-order valence-electron chi connectivity index (χ4n) is 3.80. The Labute approximate surface area is 167 Å². The van der Waals surface area contributed by atoms with Crippen molar-refractivity contribution in [1.82, 2.24) is 14.8 Å². The van der Waals surface area contributed by atoms with Crippen LogP contribution in [-0.4, -0.2) is 27.5 Å². The lowest BCUT2D eigenvalue weighted by atomic mass is 9.95. The molecule has 0 saturated heterocycles. The number of nitrogens with one attached hydrogen (secondary N) is 1. The van der Waals surface area contributed by atoms with Gasteiger partial charge < -0.3 is 20.5 Å². The van der Waals surface area contributed by atoms with Crippen molar-refractivity contribution < 1.29 is 14.3 Å². The van der Waals surface area contributed by atoms with Gasteiger partial charge in [0.25, 0.3) is 0 Å². The zero-order chi connectivity index (χ0) is 20.1. The quantitative estimate of drug-likeness (QED) is 0.714. The SMILES string of the molecule is CC1=C(C(N)=O)C(c2ccc3c(c2)OCO3)n2nc(-c3ccccc3C)nc2N1. The molecule has 3 heterocycles. The lowest BCUT2D eigenvalue weighted by Crippen LogP contribution is -2.31. The summed E-state index contributed by atoms with van der Waals surface area (Å²) in [4.78, 5) is 17.0. The van der Waals surface area contributed by atoms with E-state index in [4.69, 9.17) is 20.3 Å². The number of nitrogens with two attached hydrogens (primary N) is 1. The van der Waals surface area contributed by atoms with E-state index in [0.29, 0.717) is 34.5 Å². The molecule has 2 aliphatic heterocycles. The molecule has 0 radical (unpaired) electrons. The number of hydrogen-bond acceptors (Lipinski definition) is 6. The Kier molecular flexibility index (Phi) is 3.80. The van der Waals surface area contributed by atoms with Crippen LogP contribution >= 0.6 is 0 Å². The molecule has 29 heavy (non-hydrogen) atoms. The summed E-state index contributed by atoms with van der Waals surface area (Å²) in [6.07, 6.45) is 0. The van der Waals surface area contributed by atoms with Gasteiger partial charge in [0, 0.05) is 11.3 Å². The first-order chi connectivity index (χ1) is 14.0. The lowest BCUT2D eigenvalue weighted by molar-refractivity contribution is -0.115. The molecule has 0 bridgehead atoms. The highest BCUT2D eigenvalue weighted by Gasteiger charge is 2.34. The van der Waals surface area contributed by atoms with Crippen LogP contribution in [0.5, 0.6) is 11.5 Å². The van der Waals surface area contributed by atoms with Crippen LogP contribution in [0.15, 0.2) is 53.7 Å². The van der Waals surface area contributed by atoms with Crippen LogP contribution < -0.4 is 20.5 Å². The first-order valence-corrected chi connectivity index (χ1v) is 9.22. The van der Waals surface area contributed by atoms with E-state index >= 15 is 0 Å². The van der Waals surface area contributed by atoms with E-state index < -0.39 is 11.9 Å². The van der Waals surface area contributed by atoms with E-state index in [-0.39, 0.29) is 6.79 Å². The van der Waals surface area contributed by atoms with Gasteiger partial charge in [-0.1, -0.05) is 30.3 Å². The zero-order valence-electron chi connectivity index (χ0n) is 16.0. The van der Waals surface area contributed by atoms with Gasteiger partial charge >= 0.3 is 0 Å². The summed E-state index contributed by atoms with van der Waals surface area (Å²) in [7, 11) is 0. The fourth-order valence-corrected chi connectivity index (χ4v) is 3.80. The Morgan fingerprint density at radius 1 is 1.17 bits per heavy atom. The van der Waals surface area contributed by atoms with Crippen LogP contribution in [0.3, 0.4) is 0 Å². The molecular formula is C21H19N5O3. The minimum atomic E-state index is -0.525. The summed E-state index contributed by atoms with van der Waals surface area (Å²) in [5.41, 5.74) is 9.63. The summed E-state index contributed by atoms with van der Waals surface area (Å²) in [5.74, 6) is 1.91. The molecule has 1 unspecified atom stereocenters. The molecule has 5 rings (SSSR count). The Bertz CT molecular complexity index is 1180. The second-order valence-electron chi connectivity index (χ2n) is 7.06. The monoisotopic (exact) mass is 389 g/mol. The van der Waals surface area contributed by atoms with Crippen molar-refractivity contribution in [2.45, 2.75) is 19.9 Å². The lowest BCUT2D eigenvalue weighted by Gasteiger charge is -2.27. The van der Waals surface area contributed by atoms with E-state index in [0.717, 1.165) is 16.7 Å². The molecular weight excluding hydrogens is 370 g/mol. The summed E-state index contributed by atoms with van der Waals surface area (Å²) in [6, 6.07) is 12.9. The molecule has 1 aromatic heterocycles. The summed E-state index contributed by atoms with van der Waals surface area (Å²) in [5, 5.41) is 7.89. The number of fused-ring (bicyclic) bond motifs is 2. The Balaban J connectivity index is 1.68. The maximum Gasteiger partial charge on any atom is 0.248 e. The number of nitrogens with zero attached hydrogens (tertiary/aromatic N) is 3. The van der Waals surface area contributed by atoms with Crippen LogP contribution in [0.4, 0.5) is 5.95 Å². The highest BCUT2D eigenvalue weighted by Crippen LogP contribution is 2.40. The number of aromatic nitrogens is 3. The highest BCUT2D eigenvalue weighted by atomic mass is 16.7. The molecule has 2 aromatic carbocycles. The number of ether oxygens (including phenoxy) is 2. The average molecular weight is 389 g/mol. The normalized spacial score (nSPS) is 17.1. The highest BCUT2D eigenvalue weighted by molar-refractivity contribution is 5.95. The van der Waals surface area contributed by atoms with Crippen LogP contribution in [0.2, 0.25) is 0 Å². The van der Waals surface area contributed by atoms with Gasteiger partial charge in [-0.05, 0) is 37.1 Å². The first kappa shape index (κ1) is 17.3. The second kappa shape index (κ2) is 6.37. The molecule has 8 heteroatoms. The Hall–Kier alpha value is -3.81. The molecule has 146 valence electrons. The molecule has 1 amide bonds. The largest absolute Gasteiger partial charge is 0.454 e. The van der Waals surface area contributed by atoms with Crippen LogP contribution in [-0.2, 0) is 4.79 Å². The number of hydrogen-bond donors (Lipinski definition) is 2. The summed E-state index contributed by atoms with van der Waals surface area (Å²) in [6.45, 7) is 4.00. The zero-order valence-corrected chi connectivity index (χ0v) is 16.0. The number of carbonyl (C=O) groups is 1. The predicted molar refractivity (Wildman–Crippen MR) is 106 cm³/mol. The van der Waals surface area contributed by atoms with E-state index in [9.17, 15) is 4.79 Å². The van der Waals surface area contributed by atoms with Gasteiger partial charge in [0.15, 0.2) is 17.3 Å². The van der Waals surface area contributed by atoms with E-state index in [1.165, 1.54) is 0 Å². The number of amides is 1. The van der Waals surface area contributed by atoms with E-state index in [1.54, 1.807) is 4.68 Å². The second-order valence-corrected chi connectivity index (χ2v) is 7.06. The van der Waals surface area contributed by atoms with Crippen molar-refractivity contribution in [2.24, 2.45) is 5.73 Å². The third-order valence-electron chi connectivity index (χ3n) is 5.22. The molecule has 3 aromatic rings. The fraction of sp³-hybridized carbons (Fsp3) is 0.190. The van der Waals surface area contributed by atoms with Gasteiger partial charge in [-0.15, -0.1) is 5.10 Å². The molecule has 0 spiro atoms. The number of aryl methyl sites for hydroxylation is 1. The number of primary amides is 1. The Morgan fingerprint density at radius 2 is 1.97 bits per heavy atom. The van der Waals surface area contributed by atoms with Crippen molar-refractivity contribution in [3.05, 3.63) is 64.9 Å². The van der Waals surface area contributed by atoms with Gasteiger partial charge in [0.1, 0.15) is 6.04 Å². The van der Waals surface area contributed by atoms with E-state index in [1.807, 2.05) is 56.3 Å². The molecule has 0 fully saturated rings. The van der Waals surface area contributed by atoms with Gasteiger partial charge in [0.05, 0.1) is 5.57 Å². The van der Waals surface area contributed by atoms with Crippen molar-refractivity contribution in [3.8, 4) is 22.9 Å². The van der Waals surface area contributed by atoms with Crippen LogP contribution in [0, 0.1) is 6.92 Å². The molecule has 2 aliphatic rings. The molecule has 0 saturated carbocycles. The summed E-state index contributed by atoms with van der Waals surface area (Å²) >= 11 is 0. The van der Waals surface area contributed by atoms with Crippen LogP contribution in [0.1, 0.15) is 24.1 Å². The summed E-state index contributed by atoms with van der Waals surface area (Å²) < 4.78 is 12.6. The van der Waals surface area contributed by atoms with Crippen LogP contribution in [0.25, 0.3) is 11.4 Å². The number of carbonyl (C=O) groups excluding carboxylic acids is 1. The molecule has 0 aliphatic carbocycles. The first-order valence-electron chi connectivity index (χ1n) is 9.22. The molecule has 8 nitrogen and oxygen atoms in total. The number of allylic oxidation sites excluding steroid dienone is 1. The van der Waals surface area contributed by atoms with E-state index in [2.05, 4.69) is 10.3 Å². The van der Waals surface area contributed by atoms with Crippen molar-refractivity contribution >= 4 is 11.9 Å². The number of anilines is 1. The van der Waals surface area contributed by atoms with Gasteiger partial charge in [-0.2, -0.15) is 4.98 Å². The number of benzene rings is 2. The minimum absolute atomic E-state index is 0.175. The van der Waals surface area contributed by atoms with Crippen molar-refractivity contribution in [3.63, 3.8) is 0 Å². The smallest absolute Gasteiger partial charge is 0.248 e. The van der Waals surface area contributed by atoms with Crippen molar-refractivity contribution in [1.29, 1.82) is 0 Å². The van der Waals surface area contributed by atoms with Gasteiger partial charge in [-0.25, -0.2) is 4.68 Å². The Morgan fingerprint density at radius 3 is 2.76 bits per heavy atom. The third-order valence-corrected chi connectivity index (χ3v) is 5.22. The average Bonchev–Trinajstić information content (AvgIpc) is 3.32. The third kappa shape index (κ3) is 2.72. The van der Waals surface area contributed by atoms with Crippen molar-refractivity contribution in [2.75, 3.05) is 12.1 Å². The van der Waals surface area contributed by atoms with Gasteiger partial charge in [-0.3, -0.25) is 4.79 Å². The standard InChI is InChI=1S/C21H19N5O3/c1-11-5-3-4-6-14(11)20-24-21-23-12(2)17(19(22)27)18(26(21)25-20)13-7-8-15-16(9-13)29-10-28-15/h3-9,18H,10H2,1-2H3,(H2,22,27)(H,23,24,25). The topological polar surface area (TPSA) is 104 Å². The minimum Gasteiger partial charge on any atom is -0.454 e. The maximum absolute atomic E-state index is 12.3. The molecule has 3 N–H and O–H groups in total. The number of rotatable bonds is 3. The predicted octanol–water partition coefficient (Wildman–Crippen LogP) is 2.76. The molecule has 1 atom stereocenters. The van der Waals surface area contributed by atoms with Gasteiger partial charge in [0.2, 0.25) is 18.6 Å².